The zero-order valence-electron chi connectivity index (χ0n) is 11.1. The van der Waals surface area contributed by atoms with Crippen molar-refractivity contribution >= 4 is 38.9 Å². The summed E-state index contributed by atoms with van der Waals surface area (Å²) >= 11 is 11.5. The quantitative estimate of drug-likeness (QED) is 0.460. The van der Waals surface area contributed by atoms with Gasteiger partial charge in [0.25, 0.3) is 0 Å². The first-order chi connectivity index (χ1) is 9.64. The van der Waals surface area contributed by atoms with Gasteiger partial charge >= 0.3 is 5.69 Å². The lowest BCUT2D eigenvalue weighted by Gasteiger charge is -2.23. The molecule has 0 N–H and O–H groups in total. The van der Waals surface area contributed by atoms with Crippen LogP contribution in [0.3, 0.4) is 0 Å². The molecule has 0 unspecified atom stereocenters. The molecule has 114 valence electrons. The average molecular weight is 352 g/mol. The van der Waals surface area contributed by atoms with Gasteiger partial charge in [-0.05, 0) is 26.0 Å². The topological polar surface area (TPSA) is 104 Å². The third-order valence-corrected chi connectivity index (χ3v) is 5.47. The van der Waals surface area contributed by atoms with Gasteiger partial charge in [-0.2, -0.15) is 9.57 Å². The van der Waals surface area contributed by atoms with Crippen molar-refractivity contribution in [3.63, 3.8) is 0 Å². The molecule has 7 nitrogen and oxygen atoms in total. The zero-order chi connectivity index (χ0) is 16.4. The van der Waals surface area contributed by atoms with E-state index in [-0.39, 0.29) is 5.02 Å². The predicted molar refractivity (Wildman–Crippen MR) is 77.8 cm³/mol. The Morgan fingerprint density at radius 1 is 1.43 bits per heavy atom. The van der Waals surface area contributed by atoms with E-state index in [1.165, 1.54) is 0 Å². The van der Waals surface area contributed by atoms with Crippen molar-refractivity contribution in [3.8, 4) is 6.07 Å². The van der Waals surface area contributed by atoms with Crippen molar-refractivity contribution in [2.75, 3.05) is 6.54 Å². The number of halogens is 2. The molecule has 1 aromatic carbocycles. The lowest BCUT2D eigenvalue weighted by Crippen LogP contribution is -2.37. The van der Waals surface area contributed by atoms with E-state index in [1.54, 1.807) is 19.9 Å². The van der Waals surface area contributed by atoms with Gasteiger partial charge in [-0.25, -0.2) is 8.42 Å². The van der Waals surface area contributed by atoms with E-state index < -0.39 is 43.1 Å². The van der Waals surface area contributed by atoms with Crippen LogP contribution in [0.4, 0.5) is 5.69 Å². The van der Waals surface area contributed by atoms with Crippen molar-refractivity contribution in [2.45, 2.75) is 24.8 Å². The number of nitrogens with zero attached hydrogens (tertiary/aromatic N) is 3. The zero-order valence-corrected chi connectivity index (χ0v) is 13.4. The van der Waals surface area contributed by atoms with Gasteiger partial charge in [0.1, 0.15) is 21.5 Å². The fourth-order valence-electron chi connectivity index (χ4n) is 1.63. The Labute approximate surface area is 131 Å². The normalized spacial score (nSPS) is 11.7. The number of sulfonamides is 1. The molecule has 10 heteroatoms. The maximum absolute atomic E-state index is 12.5. The molecule has 0 heterocycles. The Morgan fingerprint density at radius 2 is 2.00 bits per heavy atom. The maximum Gasteiger partial charge on any atom is 0.307 e. The molecule has 0 aliphatic heterocycles. The molecule has 0 fully saturated rings. The Kier molecular flexibility index (Phi) is 5.53. The minimum Gasteiger partial charge on any atom is -0.258 e. The highest BCUT2D eigenvalue weighted by atomic mass is 35.5. The number of nitro benzene ring substituents is 1. The van der Waals surface area contributed by atoms with Crippen molar-refractivity contribution in [3.05, 3.63) is 32.3 Å². The van der Waals surface area contributed by atoms with Crippen molar-refractivity contribution in [1.82, 2.24) is 4.31 Å². The van der Waals surface area contributed by atoms with Crippen molar-refractivity contribution in [1.29, 1.82) is 5.26 Å². The number of hydrogen-bond acceptors (Lipinski definition) is 5. The fourth-order valence-corrected chi connectivity index (χ4v) is 4.03. The van der Waals surface area contributed by atoms with Crippen LogP contribution in [-0.2, 0) is 10.0 Å². The van der Waals surface area contributed by atoms with Crippen LogP contribution < -0.4 is 0 Å². The van der Waals surface area contributed by atoms with E-state index >= 15 is 0 Å². The van der Waals surface area contributed by atoms with Gasteiger partial charge in [-0.3, -0.25) is 10.1 Å². The number of rotatable bonds is 5. The molecule has 0 aromatic heterocycles. The molecule has 0 spiro atoms. The second kappa shape index (κ2) is 6.58. The molecule has 1 aromatic rings. The Morgan fingerprint density at radius 3 is 2.43 bits per heavy atom. The van der Waals surface area contributed by atoms with Gasteiger partial charge in [-0.1, -0.05) is 23.2 Å². The number of benzene rings is 1. The summed E-state index contributed by atoms with van der Waals surface area (Å²) in [5.74, 6) is 0. The summed E-state index contributed by atoms with van der Waals surface area (Å²) in [6, 6.07) is 3.39. The number of nitro groups is 1. The average Bonchev–Trinajstić information content (AvgIpc) is 2.34. The fraction of sp³-hybridized carbons (Fsp3) is 0.364. The van der Waals surface area contributed by atoms with Gasteiger partial charge in [0.05, 0.1) is 11.0 Å². The summed E-state index contributed by atoms with van der Waals surface area (Å²) in [7, 11) is -4.15. The summed E-state index contributed by atoms with van der Waals surface area (Å²) < 4.78 is 25.9. The van der Waals surface area contributed by atoms with Gasteiger partial charge < -0.3 is 0 Å². The second-order valence-corrected chi connectivity index (χ2v) is 6.91. The van der Waals surface area contributed by atoms with Crippen LogP contribution in [0.1, 0.15) is 13.8 Å². The monoisotopic (exact) mass is 351 g/mol. The van der Waals surface area contributed by atoms with Gasteiger partial charge in [0.15, 0.2) is 0 Å². The first-order valence-corrected chi connectivity index (χ1v) is 7.85. The van der Waals surface area contributed by atoms with E-state index in [1.807, 2.05) is 0 Å². The maximum atomic E-state index is 12.5. The Balaban J connectivity index is 3.56. The van der Waals surface area contributed by atoms with Crippen LogP contribution in [0.25, 0.3) is 0 Å². The van der Waals surface area contributed by atoms with E-state index in [0.717, 1.165) is 16.4 Å². The summed E-state index contributed by atoms with van der Waals surface area (Å²) in [6.45, 7) is 2.76. The highest BCUT2D eigenvalue weighted by molar-refractivity contribution is 7.89. The van der Waals surface area contributed by atoms with E-state index in [0.29, 0.717) is 0 Å². The molecule has 1 rings (SSSR count). The van der Waals surface area contributed by atoms with Crippen LogP contribution in [0.5, 0.6) is 0 Å². The van der Waals surface area contributed by atoms with Gasteiger partial charge in [-0.15, -0.1) is 0 Å². The van der Waals surface area contributed by atoms with E-state index in [4.69, 9.17) is 28.5 Å². The summed E-state index contributed by atoms with van der Waals surface area (Å²) in [6.07, 6.45) is 0. The highest BCUT2D eigenvalue weighted by Crippen LogP contribution is 2.38. The van der Waals surface area contributed by atoms with Crippen molar-refractivity contribution < 1.29 is 13.3 Å². The third kappa shape index (κ3) is 3.44. The molecule has 0 aliphatic rings. The molecule has 21 heavy (non-hydrogen) atoms. The van der Waals surface area contributed by atoms with Crippen LogP contribution in [-0.4, -0.2) is 30.2 Å². The molecule has 0 aliphatic carbocycles. The van der Waals surface area contributed by atoms with Crippen LogP contribution in [0.2, 0.25) is 10.0 Å². The molecule has 0 atom stereocenters. The molecule has 0 saturated heterocycles. The lowest BCUT2D eigenvalue weighted by molar-refractivity contribution is -0.384. The van der Waals surface area contributed by atoms with Gasteiger partial charge in [0, 0.05) is 6.04 Å². The van der Waals surface area contributed by atoms with Crippen LogP contribution in [0.15, 0.2) is 17.0 Å². The number of hydrogen-bond donors (Lipinski definition) is 0. The third-order valence-electron chi connectivity index (χ3n) is 2.60. The molecule has 0 saturated carbocycles. The van der Waals surface area contributed by atoms with Crippen LogP contribution in [0, 0.1) is 21.4 Å². The number of nitriles is 1. The van der Waals surface area contributed by atoms with Crippen LogP contribution >= 0.6 is 23.2 Å². The SMILES string of the molecule is CC(C)N(CC#N)S(=O)(=O)c1ccc(Cl)c([N+](=O)[O-])c1Cl. The predicted octanol–water partition coefficient (Wildman–Crippen LogP) is 2.82. The minimum atomic E-state index is -4.15. The highest BCUT2D eigenvalue weighted by Gasteiger charge is 2.33. The van der Waals surface area contributed by atoms with Crippen molar-refractivity contribution in [2.24, 2.45) is 0 Å². The Hall–Kier alpha value is -1.40. The smallest absolute Gasteiger partial charge is 0.258 e. The first-order valence-electron chi connectivity index (χ1n) is 5.65. The summed E-state index contributed by atoms with van der Waals surface area (Å²) in [4.78, 5) is 9.62. The Bertz CT molecular complexity index is 713. The van der Waals surface area contributed by atoms with E-state index in [2.05, 4.69) is 0 Å². The molecule has 0 amide bonds. The minimum absolute atomic E-state index is 0.264. The molecule has 0 radical (unpaired) electrons. The molecule has 0 bridgehead atoms. The van der Waals surface area contributed by atoms with Gasteiger partial charge in [0.2, 0.25) is 10.0 Å². The van der Waals surface area contributed by atoms with E-state index in [9.17, 15) is 18.5 Å². The largest absolute Gasteiger partial charge is 0.307 e. The summed E-state index contributed by atoms with van der Waals surface area (Å²) in [5, 5.41) is 18.8. The standard InChI is InChI=1S/C11H11Cl2N3O4S/c1-7(2)15(6-5-14)21(19,20)9-4-3-8(12)11(10(9)13)16(17)18/h3-4,7H,6H2,1-2H3. The first kappa shape index (κ1) is 17.7. The lowest BCUT2D eigenvalue weighted by atomic mass is 10.3. The second-order valence-electron chi connectivity index (χ2n) is 4.27. The molecular formula is C11H11Cl2N3O4S. The summed E-state index contributed by atoms with van der Waals surface area (Å²) in [5.41, 5.74) is -0.680. The molecular weight excluding hydrogens is 341 g/mol.